The third-order valence-corrected chi connectivity index (χ3v) is 7.63. The molecule has 0 unspecified atom stereocenters. The van der Waals surface area contributed by atoms with E-state index >= 15 is 0 Å². The van der Waals surface area contributed by atoms with Crippen molar-refractivity contribution in [3.8, 4) is 0 Å². The lowest BCUT2D eigenvalue weighted by molar-refractivity contribution is -0.125. The predicted octanol–water partition coefficient (Wildman–Crippen LogP) is 5.03. The topological polar surface area (TPSA) is 71.8 Å². The summed E-state index contributed by atoms with van der Waals surface area (Å²) in [6.45, 7) is 10.7. The molecule has 0 aliphatic rings. The van der Waals surface area contributed by atoms with Crippen LogP contribution in [0.5, 0.6) is 0 Å². The van der Waals surface area contributed by atoms with E-state index in [0.29, 0.717) is 18.0 Å². The van der Waals surface area contributed by atoms with Gasteiger partial charge in [-0.2, -0.15) is 13.2 Å². The van der Waals surface area contributed by atoms with E-state index in [4.69, 9.17) is 4.42 Å². The zero-order chi connectivity index (χ0) is 24.2. The first kappa shape index (κ1) is 26.2. The van der Waals surface area contributed by atoms with Gasteiger partial charge in [-0.15, -0.1) is 11.3 Å². The third kappa shape index (κ3) is 7.22. The summed E-state index contributed by atoms with van der Waals surface area (Å²) in [5.74, 6) is -0.441. The number of hydrogen-bond donors (Lipinski definition) is 1. The average molecular weight is 493 g/mol. The summed E-state index contributed by atoms with van der Waals surface area (Å²) in [5, 5.41) is 0. The zero-order valence-electron chi connectivity index (χ0n) is 18.3. The molecule has 0 atom stereocenters. The van der Waals surface area contributed by atoms with E-state index < -0.39 is 22.0 Å². The summed E-state index contributed by atoms with van der Waals surface area (Å²) < 4.78 is 76.2. The molecule has 0 amide bonds. The molecule has 0 aromatic carbocycles. The van der Waals surface area contributed by atoms with Gasteiger partial charge >= 0.3 is 6.18 Å². The number of sulfonamides is 1. The van der Waals surface area contributed by atoms with Gasteiger partial charge in [0.15, 0.2) is 0 Å². The van der Waals surface area contributed by atoms with E-state index in [0.717, 1.165) is 30.3 Å². The maximum absolute atomic E-state index is 12.9. The lowest BCUT2D eigenvalue weighted by Crippen LogP contribution is -2.44. The van der Waals surface area contributed by atoms with Crippen LogP contribution in [0.1, 0.15) is 31.4 Å². The number of halogens is 3. The molecule has 2 aromatic heterocycles. The summed E-state index contributed by atoms with van der Waals surface area (Å²) in [4.78, 5) is 2.36. The fraction of sp³-hybridized carbons (Fsp3) is 0.429. The van der Waals surface area contributed by atoms with Crippen molar-refractivity contribution in [1.29, 1.82) is 0 Å². The Kier molecular flexibility index (Phi) is 8.38. The molecule has 2 rings (SSSR count). The fourth-order valence-corrected chi connectivity index (χ4v) is 5.06. The Balaban J connectivity index is 2.05. The third-order valence-electron chi connectivity index (χ3n) is 4.52. The van der Waals surface area contributed by atoms with Crippen molar-refractivity contribution < 1.29 is 30.7 Å². The highest BCUT2D eigenvalue weighted by molar-refractivity contribution is 7.91. The van der Waals surface area contributed by atoms with E-state index in [1.54, 1.807) is 12.3 Å². The number of ether oxygens (including phenoxy) is 1. The summed E-state index contributed by atoms with van der Waals surface area (Å²) in [6, 6.07) is 6.40. The largest absolute Gasteiger partial charge is 0.492 e. The maximum Gasteiger partial charge on any atom is 0.448 e. The Morgan fingerprint density at radius 2 is 1.97 bits per heavy atom. The minimum atomic E-state index is -4.67. The Labute approximate surface area is 190 Å². The van der Waals surface area contributed by atoms with Crippen LogP contribution in [0.4, 0.5) is 13.2 Å². The first-order valence-corrected chi connectivity index (χ1v) is 11.9. The monoisotopic (exact) mass is 492 g/mol. The van der Waals surface area contributed by atoms with Crippen LogP contribution in [0, 0.1) is 0 Å². The van der Waals surface area contributed by atoms with Gasteiger partial charge in [-0.05, 0) is 56.7 Å². The summed E-state index contributed by atoms with van der Waals surface area (Å²) in [7, 11) is -2.93. The quantitative estimate of drug-likeness (QED) is 0.372. The zero-order valence-corrected chi connectivity index (χ0v) is 20.0. The highest BCUT2D eigenvalue weighted by Gasteiger charge is 2.35. The number of nitrogens with zero attached hydrogens (tertiary/aromatic N) is 1. The van der Waals surface area contributed by atoms with Crippen LogP contribution in [-0.2, 0) is 21.3 Å². The predicted molar refractivity (Wildman–Crippen MR) is 119 cm³/mol. The van der Waals surface area contributed by atoms with Crippen LogP contribution >= 0.6 is 11.3 Å². The number of alkyl halides is 3. The number of hydrogen-bond acceptors (Lipinski definition) is 6. The first-order chi connectivity index (χ1) is 14.7. The number of rotatable bonds is 10. The molecule has 0 aliphatic carbocycles. The average Bonchev–Trinajstić information content (AvgIpc) is 3.35. The molecule has 1 N–H and O–H groups in total. The number of furan rings is 1. The molecular weight excluding hydrogens is 465 g/mol. The maximum atomic E-state index is 12.9. The van der Waals surface area contributed by atoms with Gasteiger partial charge in [-0.3, -0.25) is 4.90 Å². The normalized spacial score (nSPS) is 13.6. The van der Waals surface area contributed by atoms with Crippen molar-refractivity contribution in [2.75, 3.05) is 20.2 Å². The van der Waals surface area contributed by atoms with E-state index in [1.807, 2.05) is 26.8 Å². The molecule has 178 valence electrons. The van der Waals surface area contributed by atoms with E-state index in [-0.39, 0.29) is 21.9 Å². The van der Waals surface area contributed by atoms with Gasteiger partial charge < -0.3 is 9.15 Å². The lowest BCUT2D eigenvalue weighted by Gasteiger charge is -2.35. The molecular formula is C21H27F3N2O4S2. The van der Waals surface area contributed by atoms with Crippen LogP contribution in [0.15, 0.2) is 57.6 Å². The lowest BCUT2D eigenvalue weighted by atomic mass is 10.1. The van der Waals surface area contributed by atoms with Crippen LogP contribution in [0.3, 0.4) is 0 Å². The second-order valence-corrected chi connectivity index (χ2v) is 11.0. The van der Waals surface area contributed by atoms with Gasteiger partial charge in [-0.1, -0.05) is 6.58 Å². The smallest absolute Gasteiger partial charge is 0.448 e. The molecule has 0 aliphatic heterocycles. The van der Waals surface area contributed by atoms with Crippen molar-refractivity contribution in [2.24, 2.45) is 0 Å². The van der Waals surface area contributed by atoms with Crippen molar-refractivity contribution in [1.82, 2.24) is 9.62 Å². The summed E-state index contributed by atoms with van der Waals surface area (Å²) >= 11 is 0.833. The van der Waals surface area contributed by atoms with Gasteiger partial charge in [0.1, 0.15) is 9.97 Å². The Morgan fingerprint density at radius 3 is 2.50 bits per heavy atom. The summed E-state index contributed by atoms with van der Waals surface area (Å²) in [5.41, 5.74) is -0.223. The molecule has 2 heterocycles. The van der Waals surface area contributed by atoms with Crippen molar-refractivity contribution >= 4 is 26.9 Å². The molecule has 6 nitrogen and oxygen atoms in total. The fourth-order valence-electron chi connectivity index (χ4n) is 2.75. The second-order valence-electron chi connectivity index (χ2n) is 7.92. The number of thiophene rings is 1. The molecule has 0 spiro atoms. The van der Waals surface area contributed by atoms with Gasteiger partial charge in [0, 0.05) is 23.5 Å². The number of nitrogens with one attached hydrogen (secondary N) is 1. The van der Waals surface area contributed by atoms with Gasteiger partial charge in [0.05, 0.1) is 19.9 Å². The molecule has 0 saturated heterocycles. The van der Waals surface area contributed by atoms with Gasteiger partial charge in [-0.25, -0.2) is 13.1 Å². The molecule has 0 radical (unpaired) electrons. The van der Waals surface area contributed by atoms with Crippen LogP contribution in [0.2, 0.25) is 0 Å². The number of allylic oxidation sites excluding steroid dienone is 3. The Morgan fingerprint density at radius 1 is 1.28 bits per heavy atom. The van der Waals surface area contributed by atoms with Crippen molar-refractivity contribution in [3.63, 3.8) is 0 Å². The molecule has 0 saturated carbocycles. The Bertz CT molecular complexity index is 1030. The molecule has 32 heavy (non-hydrogen) atoms. The van der Waals surface area contributed by atoms with E-state index in [9.17, 15) is 21.6 Å². The van der Waals surface area contributed by atoms with Crippen molar-refractivity contribution in [3.05, 3.63) is 59.6 Å². The van der Waals surface area contributed by atoms with Crippen LogP contribution in [-0.4, -0.2) is 45.2 Å². The van der Waals surface area contributed by atoms with Gasteiger partial charge in [0.2, 0.25) is 15.8 Å². The highest BCUT2D eigenvalue weighted by atomic mass is 32.2. The standard InChI is InChI=1S/C21H27F3N2O4S2/c1-15(13-18(29-5)21(22,23)24)17-8-9-19(31-17)32(27,28)25-10-11-26(20(2,3)4)14-16-7-6-12-30-16/h6-9,12-13,25H,1,10-11,14H2,2-5H3/b18-13-. The van der Waals surface area contributed by atoms with Crippen LogP contribution < -0.4 is 4.72 Å². The summed E-state index contributed by atoms with van der Waals surface area (Å²) in [6.07, 6.45) is -2.34. The molecule has 2 aromatic rings. The number of methoxy groups -OCH3 is 1. The van der Waals surface area contributed by atoms with E-state index in [2.05, 4.69) is 20.9 Å². The molecule has 0 fully saturated rings. The second kappa shape index (κ2) is 10.2. The van der Waals surface area contributed by atoms with E-state index in [1.165, 1.54) is 12.1 Å². The van der Waals surface area contributed by atoms with Crippen molar-refractivity contribution in [2.45, 2.75) is 43.2 Å². The Hall–Kier alpha value is -2.08. The minimum Gasteiger partial charge on any atom is -0.492 e. The molecule has 0 bridgehead atoms. The first-order valence-electron chi connectivity index (χ1n) is 9.63. The van der Waals surface area contributed by atoms with Crippen LogP contribution in [0.25, 0.3) is 5.57 Å². The highest BCUT2D eigenvalue weighted by Crippen LogP contribution is 2.32. The SMILES string of the molecule is C=C(/C=C(\OC)C(F)(F)F)c1ccc(S(=O)(=O)NCCN(Cc2ccco2)C(C)(C)C)s1. The minimum absolute atomic E-state index is 0.00276. The van der Waals surface area contributed by atoms with Gasteiger partial charge in [0.25, 0.3) is 0 Å². The molecule has 11 heteroatoms.